The first-order valence-corrected chi connectivity index (χ1v) is 8.26. The van der Waals surface area contributed by atoms with Crippen molar-refractivity contribution in [1.82, 2.24) is 14.3 Å². The van der Waals surface area contributed by atoms with E-state index in [0.29, 0.717) is 25.4 Å². The highest BCUT2D eigenvalue weighted by Crippen LogP contribution is 2.25. The zero-order chi connectivity index (χ0) is 15.6. The summed E-state index contributed by atoms with van der Waals surface area (Å²) in [5.74, 6) is 0. The predicted molar refractivity (Wildman–Crippen MR) is 85.2 cm³/mol. The summed E-state index contributed by atoms with van der Waals surface area (Å²) in [5, 5.41) is 0. The summed E-state index contributed by atoms with van der Waals surface area (Å²) in [4.78, 5) is 19.2. The molecule has 122 valence electrons. The molecule has 4 heterocycles. The maximum Gasteiger partial charge on any atom is 0.258 e. The fourth-order valence-electron chi connectivity index (χ4n) is 3.51. The van der Waals surface area contributed by atoms with E-state index in [1.165, 1.54) is 6.42 Å². The second-order valence-electron chi connectivity index (χ2n) is 6.16. The largest absolute Gasteiger partial charge is 0.349 e. The van der Waals surface area contributed by atoms with Gasteiger partial charge in [-0.25, -0.2) is 4.98 Å². The summed E-state index contributed by atoms with van der Waals surface area (Å²) in [7, 11) is 0. The monoisotopic (exact) mass is 315 g/mol. The maximum atomic E-state index is 12.2. The molecular formula is C17H21N3O3. The lowest BCUT2D eigenvalue weighted by Crippen LogP contribution is -2.47. The lowest BCUT2D eigenvalue weighted by Gasteiger charge is -2.37. The van der Waals surface area contributed by atoms with Crippen molar-refractivity contribution in [1.29, 1.82) is 0 Å². The Balaban J connectivity index is 1.59. The molecule has 0 aliphatic carbocycles. The van der Waals surface area contributed by atoms with Gasteiger partial charge in [0, 0.05) is 18.8 Å². The summed E-state index contributed by atoms with van der Waals surface area (Å²) < 4.78 is 13.0. The van der Waals surface area contributed by atoms with Crippen molar-refractivity contribution >= 4 is 5.65 Å². The smallest absolute Gasteiger partial charge is 0.258 e. The highest BCUT2D eigenvalue weighted by Gasteiger charge is 2.33. The van der Waals surface area contributed by atoms with E-state index in [-0.39, 0.29) is 17.9 Å². The van der Waals surface area contributed by atoms with Crippen molar-refractivity contribution in [2.45, 2.75) is 38.1 Å². The number of fused-ring (bicyclic) bond motifs is 1. The van der Waals surface area contributed by atoms with E-state index in [2.05, 4.69) is 9.88 Å². The molecule has 0 saturated carbocycles. The van der Waals surface area contributed by atoms with E-state index in [1.54, 1.807) is 16.7 Å². The number of likely N-dealkylation sites (tertiary alicyclic amines) is 1. The summed E-state index contributed by atoms with van der Waals surface area (Å²) in [6.45, 7) is 2.99. The fraction of sp³-hybridized carbons (Fsp3) is 0.529. The van der Waals surface area contributed by atoms with E-state index in [1.807, 2.05) is 18.2 Å². The number of pyridine rings is 1. The summed E-state index contributed by atoms with van der Waals surface area (Å²) in [5.41, 5.74) is 1.47. The molecule has 2 aromatic heterocycles. The van der Waals surface area contributed by atoms with E-state index >= 15 is 0 Å². The van der Waals surface area contributed by atoms with Crippen LogP contribution in [0.15, 0.2) is 35.3 Å². The topological polar surface area (TPSA) is 56.1 Å². The van der Waals surface area contributed by atoms with Crippen LogP contribution in [-0.4, -0.2) is 46.4 Å². The number of ether oxygens (including phenoxy) is 2. The Hall–Kier alpha value is -1.76. The number of piperidine rings is 1. The zero-order valence-corrected chi connectivity index (χ0v) is 13.1. The van der Waals surface area contributed by atoms with Gasteiger partial charge in [0.05, 0.1) is 24.9 Å². The van der Waals surface area contributed by atoms with Crippen LogP contribution in [-0.2, 0) is 16.0 Å². The average molecular weight is 315 g/mol. The summed E-state index contributed by atoms with van der Waals surface area (Å²) in [6.07, 6.45) is 5.03. The predicted octanol–water partition coefficient (Wildman–Crippen LogP) is 1.42. The lowest BCUT2D eigenvalue weighted by atomic mass is 10.0. The first-order chi connectivity index (χ1) is 11.3. The molecule has 0 aromatic carbocycles. The van der Waals surface area contributed by atoms with Crippen LogP contribution in [0.25, 0.3) is 5.65 Å². The minimum absolute atomic E-state index is 0.0347. The quantitative estimate of drug-likeness (QED) is 0.857. The first kappa shape index (κ1) is 14.8. The zero-order valence-electron chi connectivity index (χ0n) is 13.1. The van der Waals surface area contributed by atoms with Crippen LogP contribution >= 0.6 is 0 Å². The van der Waals surface area contributed by atoms with E-state index in [9.17, 15) is 4.79 Å². The van der Waals surface area contributed by atoms with Crippen molar-refractivity contribution < 1.29 is 9.47 Å². The Labute approximate surface area is 134 Å². The molecule has 0 amide bonds. The van der Waals surface area contributed by atoms with Gasteiger partial charge in [-0.15, -0.1) is 0 Å². The van der Waals surface area contributed by atoms with Crippen LogP contribution < -0.4 is 5.56 Å². The van der Waals surface area contributed by atoms with Crippen LogP contribution in [0.5, 0.6) is 0 Å². The summed E-state index contributed by atoms with van der Waals surface area (Å²) >= 11 is 0. The second-order valence-corrected chi connectivity index (χ2v) is 6.16. The Morgan fingerprint density at radius 1 is 1.22 bits per heavy atom. The molecule has 2 aromatic rings. The number of rotatable bonds is 3. The van der Waals surface area contributed by atoms with Gasteiger partial charge in [-0.2, -0.15) is 0 Å². The fourth-order valence-corrected chi connectivity index (χ4v) is 3.51. The third-order valence-corrected chi connectivity index (χ3v) is 4.62. The molecule has 0 bridgehead atoms. The van der Waals surface area contributed by atoms with Crippen LogP contribution in [0.4, 0.5) is 0 Å². The molecule has 2 saturated heterocycles. The van der Waals surface area contributed by atoms with E-state index < -0.39 is 0 Å². The molecule has 6 nitrogen and oxygen atoms in total. The van der Waals surface area contributed by atoms with Gasteiger partial charge in [0.1, 0.15) is 5.65 Å². The van der Waals surface area contributed by atoms with Crippen LogP contribution in [0.2, 0.25) is 0 Å². The average Bonchev–Trinajstić information content (AvgIpc) is 3.10. The molecule has 2 aliphatic heterocycles. The molecule has 23 heavy (non-hydrogen) atoms. The molecule has 2 fully saturated rings. The highest BCUT2D eigenvalue weighted by atomic mass is 16.7. The third kappa shape index (κ3) is 3.02. The lowest BCUT2D eigenvalue weighted by molar-refractivity contribution is -0.111. The molecule has 1 atom stereocenters. The number of hydrogen-bond acceptors (Lipinski definition) is 5. The van der Waals surface area contributed by atoms with Gasteiger partial charge in [-0.3, -0.25) is 14.1 Å². The number of nitrogens with zero attached hydrogens (tertiary/aromatic N) is 3. The van der Waals surface area contributed by atoms with Gasteiger partial charge in [-0.05, 0) is 31.5 Å². The highest BCUT2D eigenvalue weighted by molar-refractivity contribution is 5.38. The second kappa shape index (κ2) is 6.39. The van der Waals surface area contributed by atoms with Gasteiger partial charge in [-0.1, -0.05) is 12.5 Å². The molecule has 4 rings (SSSR count). The molecule has 0 radical (unpaired) electrons. The Morgan fingerprint density at radius 3 is 2.96 bits per heavy atom. The van der Waals surface area contributed by atoms with Gasteiger partial charge >= 0.3 is 0 Å². The van der Waals surface area contributed by atoms with Gasteiger partial charge in [0.25, 0.3) is 5.56 Å². The Bertz CT molecular complexity index is 739. The minimum atomic E-state index is -0.142. The van der Waals surface area contributed by atoms with Gasteiger partial charge in [0.2, 0.25) is 0 Å². The van der Waals surface area contributed by atoms with Crippen molar-refractivity contribution in [3.05, 3.63) is 46.5 Å². The van der Waals surface area contributed by atoms with Gasteiger partial charge in [0.15, 0.2) is 6.29 Å². The molecule has 1 unspecified atom stereocenters. The Kier molecular flexibility index (Phi) is 4.11. The molecule has 2 aliphatic rings. The first-order valence-electron chi connectivity index (χ1n) is 8.26. The van der Waals surface area contributed by atoms with Crippen LogP contribution in [0.1, 0.15) is 25.0 Å². The van der Waals surface area contributed by atoms with E-state index in [0.717, 1.165) is 25.1 Å². The van der Waals surface area contributed by atoms with Crippen molar-refractivity contribution in [3.8, 4) is 0 Å². The number of hydrogen-bond donors (Lipinski definition) is 0. The minimum Gasteiger partial charge on any atom is -0.349 e. The molecule has 0 N–H and O–H groups in total. The van der Waals surface area contributed by atoms with Crippen molar-refractivity contribution in [2.75, 3.05) is 19.8 Å². The molecule has 0 spiro atoms. The SMILES string of the molecule is O=c1cc(CN2CCCCC2C2OCCO2)nc2ccccn12. The standard InChI is InChI=1S/C17H21N3O3/c21-16-11-13(18-15-6-2-4-8-20(15)16)12-19-7-3-1-5-14(19)17-22-9-10-23-17/h2,4,6,8,11,14,17H,1,3,5,7,9-10,12H2. The van der Waals surface area contributed by atoms with E-state index in [4.69, 9.17) is 9.47 Å². The molecule has 6 heteroatoms. The van der Waals surface area contributed by atoms with Crippen LogP contribution in [0, 0.1) is 0 Å². The van der Waals surface area contributed by atoms with Crippen molar-refractivity contribution in [2.24, 2.45) is 0 Å². The van der Waals surface area contributed by atoms with Crippen LogP contribution in [0.3, 0.4) is 0 Å². The molecular weight excluding hydrogens is 294 g/mol. The van der Waals surface area contributed by atoms with Crippen molar-refractivity contribution in [3.63, 3.8) is 0 Å². The number of aromatic nitrogens is 2. The third-order valence-electron chi connectivity index (χ3n) is 4.62. The normalized spacial score (nSPS) is 23.6. The summed E-state index contributed by atoms with van der Waals surface area (Å²) in [6, 6.07) is 7.49. The Morgan fingerprint density at radius 2 is 2.09 bits per heavy atom. The van der Waals surface area contributed by atoms with Gasteiger partial charge < -0.3 is 9.47 Å². The maximum absolute atomic E-state index is 12.2.